The summed E-state index contributed by atoms with van der Waals surface area (Å²) in [7, 11) is 0. The molecule has 4 heteroatoms. The molecule has 1 saturated carbocycles. The summed E-state index contributed by atoms with van der Waals surface area (Å²) in [5, 5.41) is 3.79. The molecule has 0 bridgehead atoms. The SMILES string of the molecule is CCOCC(=O)NC1(CBr)CC1. The molecule has 0 atom stereocenters. The van der Waals surface area contributed by atoms with E-state index in [2.05, 4.69) is 21.2 Å². The molecule has 3 nitrogen and oxygen atoms in total. The molecule has 0 radical (unpaired) electrons. The summed E-state index contributed by atoms with van der Waals surface area (Å²) < 4.78 is 4.99. The molecule has 0 aromatic heterocycles. The van der Waals surface area contributed by atoms with Gasteiger partial charge in [-0.25, -0.2) is 0 Å². The Bertz CT molecular complexity index is 168. The minimum absolute atomic E-state index is 0.00574. The lowest BCUT2D eigenvalue weighted by atomic mass is 10.3. The van der Waals surface area contributed by atoms with Crippen LogP contribution in [0.3, 0.4) is 0 Å². The lowest BCUT2D eigenvalue weighted by Gasteiger charge is -2.13. The summed E-state index contributed by atoms with van der Waals surface area (Å²) in [6.45, 7) is 2.66. The number of carbonyl (C=O) groups excluding carboxylic acids is 1. The van der Waals surface area contributed by atoms with E-state index in [1.165, 1.54) is 0 Å². The first-order valence-electron chi connectivity index (χ1n) is 4.17. The average Bonchev–Trinajstić information content (AvgIpc) is 2.82. The number of rotatable bonds is 5. The fourth-order valence-electron chi connectivity index (χ4n) is 0.970. The third-order valence-corrected chi connectivity index (χ3v) is 3.02. The Labute approximate surface area is 81.0 Å². The monoisotopic (exact) mass is 235 g/mol. The molecule has 1 amide bonds. The lowest BCUT2D eigenvalue weighted by Crippen LogP contribution is -2.40. The number of carbonyl (C=O) groups is 1. The number of hydrogen-bond acceptors (Lipinski definition) is 2. The van der Waals surface area contributed by atoms with Crippen molar-refractivity contribution < 1.29 is 9.53 Å². The molecule has 1 rings (SSSR count). The van der Waals surface area contributed by atoms with E-state index < -0.39 is 0 Å². The first-order valence-corrected chi connectivity index (χ1v) is 5.29. The second-order valence-electron chi connectivity index (χ2n) is 3.10. The van der Waals surface area contributed by atoms with Crippen LogP contribution < -0.4 is 5.32 Å². The highest BCUT2D eigenvalue weighted by molar-refractivity contribution is 9.09. The molecule has 0 aromatic rings. The summed E-state index contributed by atoms with van der Waals surface area (Å²) in [6.07, 6.45) is 2.16. The van der Waals surface area contributed by atoms with Crippen molar-refractivity contribution in [1.82, 2.24) is 5.32 Å². The second kappa shape index (κ2) is 4.23. The molecule has 1 fully saturated rings. The Kier molecular flexibility index (Phi) is 3.53. The van der Waals surface area contributed by atoms with Gasteiger partial charge in [-0.3, -0.25) is 4.79 Å². The molecule has 0 unspecified atom stereocenters. The zero-order chi connectivity index (χ0) is 9.03. The van der Waals surface area contributed by atoms with E-state index in [4.69, 9.17) is 4.74 Å². The fourth-order valence-corrected chi connectivity index (χ4v) is 1.67. The number of halogens is 1. The van der Waals surface area contributed by atoms with Crippen molar-refractivity contribution in [3.8, 4) is 0 Å². The molecular weight excluding hydrogens is 222 g/mol. The van der Waals surface area contributed by atoms with Gasteiger partial charge in [-0.05, 0) is 19.8 Å². The van der Waals surface area contributed by atoms with Gasteiger partial charge >= 0.3 is 0 Å². The maximum atomic E-state index is 11.2. The summed E-state index contributed by atoms with van der Waals surface area (Å²) >= 11 is 3.37. The van der Waals surface area contributed by atoms with Gasteiger partial charge in [0.25, 0.3) is 0 Å². The average molecular weight is 236 g/mol. The van der Waals surface area contributed by atoms with Crippen LogP contribution in [0.25, 0.3) is 0 Å². The lowest BCUT2D eigenvalue weighted by molar-refractivity contribution is -0.126. The van der Waals surface area contributed by atoms with E-state index in [1.807, 2.05) is 6.92 Å². The number of alkyl halides is 1. The van der Waals surface area contributed by atoms with Gasteiger partial charge < -0.3 is 10.1 Å². The van der Waals surface area contributed by atoms with Crippen LogP contribution in [0.5, 0.6) is 0 Å². The molecule has 0 aliphatic heterocycles. The Morgan fingerprint density at radius 3 is 2.75 bits per heavy atom. The van der Waals surface area contributed by atoms with Crippen molar-refractivity contribution in [2.75, 3.05) is 18.5 Å². The van der Waals surface area contributed by atoms with Crippen molar-refractivity contribution in [3.63, 3.8) is 0 Å². The smallest absolute Gasteiger partial charge is 0.246 e. The van der Waals surface area contributed by atoms with Crippen molar-refractivity contribution in [3.05, 3.63) is 0 Å². The predicted octanol–water partition coefficient (Wildman–Crippen LogP) is 1.07. The number of amides is 1. The predicted molar refractivity (Wildman–Crippen MR) is 50.4 cm³/mol. The van der Waals surface area contributed by atoms with E-state index >= 15 is 0 Å². The molecule has 0 aromatic carbocycles. The largest absolute Gasteiger partial charge is 0.372 e. The molecule has 12 heavy (non-hydrogen) atoms. The molecule has 70 valence electrons. The van der Waals surface area contributed by atoms with Gasteiger partial charge in [0.2, 0.25) is 5.91 Å². The normalized spacial score (nSPS) is 18.8. The topological polar surface area (TPSA) is 38.3 Å². The van der Waals surface area contributed by atoms with E-state index in [1.54, 1.807) is 0 Å². The highest BCUT2D eigenvalue weighted by Gasteiger charge is 2.42. The molecule has 1 aliphatic rings. The van der Waals surface area contributed by atoms with E-state index in [9.17, 15) is 4.79 Å². The van der Waals surface area contributed by atoms with Crippen molar-refractivity contribution in [2.45, 2.75) is 25.3 Å². The number of ether oxygens (including phenoxy) is 1. The van der Waals surface area contributed by atoms with Gasteiger partial charge in [0, 0.05) is 17.5 Å². The maximum absolute atomic E-state index is 11.2. The van der Waals surface area contributed by atoms with Crippen LogP contribution >= 0.6 is 15.9 Å². The maximum Gasteiger partial charge on any atom is 0.246 e. The highest BCUT2D eigenvalue weighted by Crippen LogP contribution is 2.36. The molecule has 0 saturated heterocycles. The van der Waals surface area contributed by atoms with Crippen LogP contribution in [0.15, 0.2) is 0 Å². The molecule has 1 N–H and O–H groups in total. The minimum atomic E-state index is -0.00574. The summed E-state index contributed by atoms with van der Waals surface area (Å²) in [5.41, 5.74) is 0.0498. The van der Waals surface area contributed by atoms with Crippen molar-refractivity contribution in [2.24, 2.45) is 0 Å². The Morgan fingerprint density at radius 2 is 2.33 bits per heavy atom. The Hall–Kier alpha value is -0.0900. The molecule has 0 spiro atoms. The van der Waals surface area contributed by atoms with Crippen molar-refractivity contribution in [1.29, 1.82) is 0 Å². The van der Waals surface area contributed by atoms with Gasteiger partial charge in [0.05, 0.1) is 0 Å². The first kappa shape index (κ1) is 9.99. The Morgan fingerprint density at radius 1 is 1.67 bits per heavy atom. The molecular formula is C8H14BrNO2. The van der Waals surface area contributed by atoms with Gasteiger partial charge in [-0.15, -0.1) is 0 Å². The van der Waals surface area contributed by atoms with Gasteiger partial charge in [-0.1, -0.05) is 15.9 Å². The van der Waals surface area contributed by atoms with Crippen LogP contribution in [0.1, 0.15) is 19.8 Å². The van der Waals surface area contributed by atoms with E-state index in [0.717, 1.165) is 18.2 Å². The minimum Gasteiger partial charge on any atom is -0.372 e. The second-order valence-corrected chi connectivity index (χ2v) is 3.66. The van der Waals surface area contributed by atoms with Gasteiger partial charge in [0.1, 0.15) is 6.61 Å². The highest BCUT2D eigenvalue weighted by atomic mass is 79.9. The zero-order valence-electron chi connectivity index (χ0n) is 7.23. The third kappa shape index (κ3) is 2.75. The number of nitrogens with one attached hydrogen (secondary N) is 1. The van der Waals surface area contributed by atoms with E-state index in [0.29, 0.717) is 6.61 Å². The van der Waals surface area contributed by atoms with Crippen molar-refractivity contribution >= 4 is 21.8 Å². The summed E-state index contributed by atoms with van der Waals surface area (Å²) in [4.78, 5) is 11.2. The van der Waals surface area contributed by atoms with E-state index in [-0.39, 0.29) is 18.1 Å². The van der Waals surface area contributed by atoms with Crippen LogP contribution in [0, 0.1) is 0 Å². The fraction of sp³-hybridized carbons (Fsp3) is 0.875. The zero-order valence-corrected chi connectivity index (χ0v) is 8.82. The van der Waals surface area contributed by atoms with Gasteiger partial charge in [0.15, 0.2) is 0 Å². The third-order valence-electron chi connectivity index (χ3n) is 1.95. The summed E-state index contributed by atoms with van der Waals surface area (Å²) in [5.74, 6) is -0.00574. The molecule has 1 aliphatic carbocycles. The molecule has 0 heterocycles. The Balaban J connectivity index is 2.17. The summed E-state index contributed by atoms with van der Waals surface area (Å²) in [6, 6.07) is 0. The van der Waals surface area contributed by atoms with Crippen LogP contribution in [0.4, 0.5) is 0 Å². The van der Waals surface area contributed by atoms with Crippen LogP contribution in [-0.2, 0) is 9.53 Å². The van der Waals surface area contributed by atoms with Crippen LogP contribution in [0.2, 0.25) is 0 Å². The first-order chi connectivity index (χ1) is 5.72. The quantitative estimate of drug-likeness (QED) is 0.725. The standard InChI is InChI=1S/C8H14BrNO2/c1-2-12-5-7(11)10-8(6-9)3-4-8/h2-6H2,1H3,(H,10,11). The number of hydrogen-bond donors (Lipinski definition) is 1. The van der Waals surface area contributed by atoms with Crippen LogP contribution in [-0.4, -0.2) is 30.0 Å². The van der Waals surface area contributed by atoms with Gasteiger partial charge in [-0.2, -0.15) is 0 Å².